The first-order valence-corrected chi connectivity index (χ1v) is 9.19. The summed E-state index contributed by atoms with van der Waals surface area (Å²) in [5, 5.41) is 3.13. The molecule has 3 rings (SSSR count). The number of amides is 1. The van der Waals surface area contributed by atoms with Crippen LogP contribution in [0.5, 0.6) is 0 Å². The van der Waals surface area contributed by atoms with Crippen LogP contribution in [0.3, 0.4) is 0 Å². The summed E-state index contributed by atoms with van der Waals surface area (Å²) in [5.74, 6) is 0.740. The van der Waals surface area contributed by atoms with Crippen molar-refractivity contribution < 1.29 is 9.53 Å². The first-order chi connectivity index (χ1) is 12.1. The largest absolute Gasteiger partial charge is 0.445 e. The van der Waals surface area contributed by atoms with Gasteiger partial charge < -0.3 is 15.0 Å². The number of hydrogen-bond acceptors (Lipinski definition) is 5. The van der Waals surface area contributed by atoms with Gasteiger partial charge in [0.05, 0.1) is 4.47 Å². The molecule has 0 unspecified atom stereocenters. The molecule has 1 fully saturated rings. The molecule has 1 aliphatic heterocycles. The number of benzene rings is 1. The second kappa shape index (κ2) is 8.49. The van der Waals surface area contributed by atoms with Crippen LogP contribution in [0.25, 0.3) is 0 Å². The van der Waals surface area contributed by atoms with Gasteiger partial charge in [-0.1, -0.05) is 30.3 Å². The first kappa shape index (κ1) is 17.9. The normalized spacial score (nSPS) is 17.2. The van der Waals surface area contributed by atoms with Crippen molar-refractivity contribution >= 4 is 39.4 Å². The van der Waals surface area contributed by atoms with Gasteiger partial charge in [0.2, 0.25) is 5.28 Å². The number of piperidine rings is 1. The van der Waals surface area contributed by atoms with Crippen LogP contribution >= 0.6 is 27.5 Å². The van der Waals surface area contributed by atoms with Gasteiger partial charge in [-0.05, 0) is 45.9 Å². The highest BCUT2D eigenvalue weighted by Gasteiger charge is 2.24. The molecule has 1 aromatic carbocycles. The number of alkyl carbamates (subject to hydrolysis) is 1. The second-order valence-electron chi connectivity index (χ2n) is 5.80. The standard InChI is InChI=1S/C17H18BrClN4O2/c18-14-9-20-16(19)22-15(14)23-8-4-7-13(10-23)21-17(24)25-11-12-5-2-1-3-6-12/h1-3,5-6,9,13H,4,7-8,10-11H2,(H,21,24)/t13-/m0/s1. The molecule has 0 saturated carbocycles. The van der Waals surface area contributed by atoms with Crippen LogP contribution in [0.2, 0.25) is 5.28 Å². The number of ether oxygens (including phenoxy) is 1. The van der Waals surface area contributed by atoms with Gasteiger partial charge >= 0.3 is 6.09 Å². The fourth-order valence-electron chi connectivity index (χ4n) is 2.78. The lowest BCUT2D eigenvalue weighted by Gasteiger charge is -2.34. The molecule has 1 saturated heterocycles. The van der Waals surface area contributed by atoms with Gasteiger partial charge in [-0.2, -0.15) is 4.98 Å². The Morgan fingerprint density at radius 2 is 2.20 bits per heavy atom. The third kappa shape index (κ3) is 5.06. The van der Waals surface area contributed by atoms with Crippen molar-refractivity contribution in [2.75, 3.05) is 18.0 Å². The highest BCUT2D eigenvalue weighted by atomic mass is 79.9. The van der Waals surface area contributed by atoms with Crippen molar-refractivity contribution in [3.63, 3.8) is 0 Å². The summed E-state index contributed by atoms with van der Waals surface area (Å²) in [5.41, 5.74) is 0.961. The van der Waals surface area contributed by atoms with E-state index in [-0.39, 0.29) is 17.9 Å². The SMILES string of the molecule is O=C(N[C@H]1CCCN(c2nc(Cl)ncc2Br)C1)OCc1ccccc1. The molecule has 2 aromatic rings. The van der Waals surface area contributed by atoms with Gasteiger partial charge in [0.1, 0.15) is 12.4 Å². The number of carbonyl (C=O) groups is 1. The minimum absolute atomic E-state index is 0.00216. The number of rotatable bonds is 4. The summed E-state index contributed by atoms with van der Waals surface area (Å²) in [7, 11) is 0. The Bertz CT molecular complexity index is 732. The Kier molecular flexibility index (Phi) is 6.09. The molecule has 0 radical (unpaired) electrons. The molecular weight excluding hydrogens is 408 g/mol. The van der Waals surface area contributed by atoms with E-state index in [0.717, 1.165) is 35.2 Å². The van der Waals surface area contributed by atoms with Crippen molar-refractivity contribution in [1.82, 2.24) is 15.3 Å². The molecule has 0 bridgehead atoms. The molecule has 0 aliphatic carbocycles. The zero-order chi connectivity index (χ0) is 17.6. The predicted molar refractivity (Wildman–Crippen MR) is 99.7 cm³/mol. The number of carbonyl (C=O) groups excluding carboxylic acids is 1. The number of aromatic nitrogens is 2. The maximum absolute atomic E-state index is 12.0. The molecule has 1 amide bonds. The summed E-state index contributed by atoms with van der Waals surface area (Å²) in [6.07, 6.45) is 3.07. The summed E-state index contributed by atoms with van der Waals surface area (Å²) < 4.78 is 6.07. The summed E-state index contributed by atoms with van der Waals surface area (Å²) in [4.78, 5) is 22.3. The Hall–Kier alpha value is -1.86. The third-order valence-electron chi connectivity index (χ3n) is 3.95. The molecule has 132 valence electrons. The molecule has 2 heterocycles. The average molecular weight is 426 g/mol. The Morgan fingerprint density at radius 1 is 1.40 bits per heavy atom. The van der Waals surface area contributed by atoms with E-state index in [0.29, 0.717) is 6.54 Å². The maximum atomic E-state index is 12.0. The molecule has 1 aromatic heterocycles. The smallest absolute Gasteiger partial charge is 0.407 e. The zero-order valence-corrected chi connectivity index (χ0v) is 15.8. The number of hydrogen-bond donors (Lipinski definition) is 1. The molecule has 1 aliphatic rings. The van der Waals surface area contributed by atoms with E-state index in [9.17, 15) is 4.79 Å². The molecule has 1 N–H and O–H groups in total. The maximum Gasteiger partial charge on any atom is 0.407 e. The fraction of sp³-hybridized carbons (Fsp3) is 0.353. The Labute approximate surface area is 159 Å². The quantitative estimate of drug-likeness (QED) is 0.755. The van der Waals surface area contributed by atoms with Gasteiger partial charge in [0.25, 0.3) is 0 Å². The minimum atomic E-state index is -0.407. The lowest BCUT2D eigenvalue weighted by atomic mass is 10.1. The van der Waals surface area contributed by atoms with Crippen molar-refractivity contribution in [2.45, 2.75) is 25.5 Å². The van der Waals surface area contributed by atoms with E-state index in [1.54, 1.807) is 6.20 Å². The fourth-order valence-corrected chi connectivity index (χ4v) is 3.35. The van der Waals surface area contributed by atoms with Crippen LogP contribution in [0.1, 0.15) is 18.4 Å². The summed E-state index contributed by atoms with van der Waals surface area (Å²) in [6.45, 7) is 1.76. The van der Waals surface area contributed by atoms with Crippen molar-refractivity contribution in [1.29, 1.82) is 0 Å². The van der Waals surface area contributed by atoms with Gasteiger partial charge in [0.15, 0.2) is 0 Å². The highest BCUT2D eigenvalue weighted by molar-refractivity contribution is 9.10. The minimum Gasteiger partial charge on any atom is -0.445 e. The molecule has 1 atom stereocenters. The number of anilines is 1. The van der Waals surface area contributed by atoms with Crippen LogP contribution in [0.15, 0.2) is 41.0 Å². The van der Waals surface area contributed by atoms with Gasteiger partial charge in [-0.15, -0.1) is 0 Å². The molecule has 0 spiro atoms. The topological polar surface area (TPSA) is 67.4 Å². The van der Waals surface area contributed by atoms with Crippen LogP contribution in [-0.2, 0) is 11.3 Å². The lowest BCUT2D eigenvalue weighted by Crippen LogP contribution is -2.48. The number of nitrogens with zero attached hydrogens (tertiary/aromatic N) is 3. The lowest BCUT2D eigenvalue weighted by molar-refractivity contribution is 0.134. The number of halogens is 2. The Balaban J connectivity index is 1.54. The van der Waals surface area contributed by atoms with E-state index < -0.39 is 6.09 Å². The van der Waals surface area contributed by atoms with E-state index in [2.05, 4.69) is 36.1 Å². The Morgan fingerprint density at radius 3 is 3.00 bits per heavy atom. The molecule has 8 heteroatoms. The second-order valence-corrected chi connectivity index (χ2v) is 6.99. The predicted octanol–water partition coefficient (Wildman–Crippen LogP) is 3.79. The van der Waals surface area contributed by atoms with Gasteiger partial charge in [0, 0.05) is 25.3 Å². The number of nitrogens with one attached hydrogen (secondary N) is 1. The van der Waals surface area contributed by atoms with Crippen LogP contribution in [-0.4, -0.2) is 35.2 Å². The summed E-state index contributed by atoms with van der Waals surface area (Å²) in [6, 6.07) is 9.61. The van der Waals surface area contributed by atoms with Crippen molar-refractivity contribution in [3.05, 3.63) is 51.8 Å². The third-order valence-corrected chi connectivity index (χ3v) is 4.69. The monoisotopic (exact) mass is 424 g/mol. The highest BCUT2D eigenvalue weighted by Crippen LogP contribution is 2.27. The van der Waals surface area contributed by atoms with Crippen LogP contribution in [0, 0.1) is 0 Å². The molecule has 25 heavy (non-hydrogen) atoms. The zero-order valence-electron chi connectivity index (χ0n) is 13.5. The summed E-state index contributed by atoms with van der Waals surface area (Å²) >= 11 is 9.35. The van der Waals surface area contributed by atoms with Crippen LogP contribution in [0.4, 0.5) is 10.6 Å². The van der Waals surface area contributed by atoms with Crippen LogP contribution < -0.4 is 10.2 Å². The van der Waals surface area contributed by atoms with Crippen molar-refractivity contribution in [2.24, 2.45) is 0 Å². The molecule has 6 nitrogen and oxygen atoms in total. The van der Waals surface area contributed by atoms with E-state index in [4.69, 9.17) is 16.3 Å². The van der Waals surface area contributed by atoms with E-state index in [1.807, 2.05) is 30.3 Å². The van der Waals surface area contributed by atoms with E-state index >= 15 is 0 Å². The van der Waals surface area contributed by atoms with Crippen molar-refractivity contribution in [3.8, 4) is 0 Å². The average Bonchev–Trinajstić information content (AvgIpc) is 2.63. The van der Waals surface area contributed by atoms with Gasteiger partial charge in [-0.25, -0.2) is 9.78 Å². The van der Waals surface area contributed by atoms with E-state index in [1.165, 1.54) is 0 Å². The van der Waals surface area contributed by atoms with Gasteiger partial charge in [-0.3, -0.25) is 0 Å². The first-order valence-electron chi connectivity index (χ1n) is 8.02. The molecular formula is C17H18BrClN4O2.